The molecule has 3 aromatic rings. The van der Waals surface area contributed by atoms with Crippen LogP contribution in [-0.4, -0.2) is 30.1 Å². The summed E-state index contributed by atoms with van der Waals surface area (Å²) in [6.07, 6.45) is 0.861. The van der Waals surface area contributed by atoms with Gasteiger partial charge < -0.3 is 15.5 Å². The molecule has 2 N–H and O–H groups in total. The van der Waals surface area contributed by atoms with Gasteiger partial charge in [0.25, 0.3) is 0 Å². The van der Waals surface area contributed by atoms with Crippen LogP contribution in [0.4, 0.5) is 26.7 Å². The van der Waals surface area contributed by atoms with Crippen LogP contribution in [0.5, 0.6) is 0 Å². The Labute approximate surface area is 195 Å². The van der Waals surface area contributed by atoms with Crippen LogP contribution in [0, 0.1) is 20.8 Å². The highest BCUT2D eigenvalue weighted by Crippen LogP contribution is 2.30. The molecule has 1 heterocycles. The van der Waals surface area contributed by atoms with E-state index in [1.54, 1.807) is 4.90 Å². The van der Waals surface area contributed by atoms with Crippen LogP contribution < -0.4 is 15.5 Å². The second-order valence-electron chi connectivity index (χ2n) is 8.59. The fraction of sp³-hybridized carbons (Fsp3) is 0.259. The highest BCUT2D eigenvalue weighted by molar-refractivity contribution is 6.04. The lowest BCUT2D eigenvalue weighted by molar-refractivity contribution is 0.192. The summed E-state index contributed by atoms with van der Waals surface area (Å²) in [7, 11) is 0. The van der Waals surface area contributed by atoms with Crippen LogP contribution in [0.1, 0.15) is 28.7 Å². The summed E-state index contributed by atoms with van der Waals surface area (Å²) in [4.78, 5) is 29.7. The van der Waals surface area contributed by atoms with E-state index < -0.39 is 0 Å². The molecule has 1 fully saturated rings. The van der Waals surface area contributed by atoms with Crippen LogP contribution in [0.3, 0.4) is 0 Å². The number of nitrogens with zero attached hydrogens (tertiary/aromatic N) is 2. The average Bonchev–Trinajstić information content (AvgIpc) is 2.79. The Balaban J connectivity index is 1.53. The zero-order valence-corrected chi connectivity index (χ0v) is 19.4. The maximum absolute atomic E-state index is 13.4. The van der Waals surface area contributed by atoms with E-state index in [9.17, 15) is 9.59 Å². The van der Waals surface area contributed by atoms with Crippen LogP contribution in [0.2, 0.25) is 0 Å². The quantitative estimate of drug-likeness (QED) is 0.502. The Hall–Kier alpha value is -3.80. The number of carbonyl (C=O) groups is 2. The van der Waals surface area contributed by atoms with Crippen molar-refractivity contribution in [3.8, 4) is 0 Å². The smallest absolute Gasteiger partial charge is 0.320 e. The van der Waals surface area contributed by atoms with Crippen molar-refractivity contribution in [2.24, 2.45) is 0 Å². The summed E-state index contributed by atoms with van der Waals surface area (Å²) in [6, 6.07) is 21.0. The highest BCUT2D eigenvalue weighted by Gasteiger charge is 2.28. The largest absolute Gasteiger partial charge is 0.324 e. The first-order chi connectivity index (χ1) is 15.9. The molecule has 1 aliphatic heterocycles. The molecule has 0 aliphatic carbocycles. The lowest BCUT2D eigenvalue weighted by Gasteiger charge is -2.36. The van der Waals surface area contributed by atoms with Gasteiger partial charge in [0, 0.05) is 25.3 Å². The molecule has 1 aliphatic rings. The number of benzene rings is 3. The molecule has 6 heteroatoms. The van der Waals surface area contributed by atoms with E-state index in [2.05, 4.69) is 42.7 Å². The summed E-state index contributed by atoms with van der Waals surface area (Å²) in [5.74, 6) is 0. The van der Waals surface area contributed by atoms with Crippen molar-refractivity contribution < 1.29 is 9.59 Å². The molecule has 0 bridgehead atoms. The molecule has 33 heavy (non-hydrogen) atoms. The Morgan fingerprint density at radius 1 is 0.879 bits per heavy atom. The number of para-hydroxylation sites is 1. The fourth-order valence-electron chi connectivity index (χ4n) is 4.07. The summed E-state index contributed by atoms with van der Waals surface area (Å²) >= 11 is 0. The number of amides is 4. The zero-order chi connectivity index (χ0) is 23.4. The molecular weight excluding hydrogens is 412 g/mol. The molecule has 170 valence electrons. The second-order valence-corrected chi connectivity index (χ2v) is 8.59. The van der Waals surface area contributed by atoms with Crippen LogP contribution in [0.25, 0.3) is 0 Å². The van der Waals surface area contributed by atoms with E-state index >= 15 is 0 Å². The first kappa shape index (κ1) is 22.4. The molecule has 6 nitrogen and oxygen atoms in total. The second kappa shape index (κ2) is 9.77. The Kier molecular flexibility index (Phi) is 6.63. The number of nitrogens with one attached hydrogen (secondary N) is 2. The molecule has 0 unspecified atom stereocenters. The number of urea groups is 2. The van der Waals surface area contributed by atoms with Crippen molar-refractivity contribution in [1.29, 1.82) is 0 Å². The van der Waals surface area contributed by atoms with E-state index in [0.717, 1.165) is 17.5 Å². The van der Waals surface area contributed by atoms with Crippen molar-refractivity contribution in [3.63, 3.8) is 0 Å². The average molecular weight is 443 g/mol. The van der Waals surface area contributed by atoms with Gasteiger partial charge in [0.1, 0.15) is 0 Å². The molecule has 0 radical (unpaired) electrons. The maximum Gasteiger partial charge on any atom is 0.324 e. The predicted molar refractivity (Wildman–Crippen MR) is 134 cm³/mol. The maximum atomic E-state index is 13.4. The van der Waals surface area contributed by atoms with Gasteiger partial charge in [-0.2, -0.15) is 0 Å². The molecule has 0 spiro atoms. The third-order valence-electron chi connectivity index (χ3n) is 5.98. The minimum atomic E-state index is -0.343. The number of anilines is 3. The van der Waals surface area contributed by atoms with Crippen molar-refractivity contribution in [2.75, 3.05) is 28.6 Å². The van der Waals surface area contributed by atoms with Crippen molar-refractivity contribution in [1.82, 2.24) is 4.90 Å². The van der Waals surface area contributed by atoms with Gasteiger partial charge in [-0.3, -0.25) is 4.90 Å². The zero-order valence-electron chi connectivity index (χ0n) is 19.4. The Morgan fingerprint density at radius 2 is 1.67 bits per heavy atom. The Bertz CT molecular complexity index is 1160. The first-order valence-corrected chi connectivity index (χ1v) is 11.3. The van der Waals surface area contributed by atoms with E-state index in [1.165, 1.54) is 11.1 Å². The van der Waals surface area contributed by atoms with Gasteiger partial charge in [-0.1, -0.05) is 42.5 Å². The minimum absolute atomic E-state index is 0.0464. The first-order valence-electron chi connectivity index (χ1n) is 11.3. The molecule has 0 aromatic heterocycles. The molecule has 0 saturated carbocycles. The number of aryl methyl sites for hydroxylation is 3. The van der Waals surface area contributed by atoms with E-state index in [4.69, 9.17) is 0 Å². The van der Waals surface area contributed by atoms with E-state index in [1.807, 2.05) is 60.4 Å². The Morgan fingerprint density at radius 3 is 2.42 bits per heavy atom. The molecule has 4 rings (SSSR count). The summed E-state index contributed by atoms with van der Waals surface area (Å²) in [5, 5.41) is 5.77. The minimum Gasteiger partial charge on any atom is -0.320 e. The topological polar surface area (TPSA) is 64.7 Å². The third-order valence-corrected chi connectivity index (χ3v) is 5.98. The van der Waals surface area contributed by atoms with E-state index in [0.29, 0.717) is 36.7 Å². The number of hydrogen-bond donors (Lipinski definition) is 2. The highest BCUT2D eigenvalue weighted by atomic mass is 16.2. The fourth-order valence-corrected chi connectivity index (χ4v) is 4.07. The van der Waals surface area contributed by atoms with Crippen LogP contribution in [0.15, 0.2) is 66.7 Å². The predicted octanol–water partition coefficient (Wildman–Crippen LogP) is 6.09. The third kappa shape index (κ3) is 5.34. The lowest BCUT2D eigenvalue weighted by Crippen LogP contribution is -2.49. The van der Waals surface area contributed by atoms with Gasteiger partial charge in [-0.15, -0.1) is 0 Å². The molecule has 1 saturated heterocycles. The van der Waals surface area contributed by atoms with Crippen LogP contribution >= 0.6 is 0 Å². The number of hydrogen-bond acceptors (Lipinski definition) is 2. The van der Waals surface area contributed by atoms with Gasteiger partial charge in [-0.25, -0.2) is 9.59 Å². The summed E-state index contributed by atoms with van der Waals surface area (Å²) < 4.78 is 0. The molecular formula is C27H30N4O2. The van der Waals surface area contributed by atoms with Gasteiger partial charge >= 0.3 is 12.1 Å². The van der Waals surface area contributed by atoms with Gasteiger partial charge in [-0.05, 0) is 73.7 Å². The molecule has 4 amide bonds. The molecule has 0 atom stereocenters. The van der Waals surface area contributed by atoms with Gasteiger partial charge in [0.2, 0.25) is 0 Å². The molecule has 3 aromatic carbocycles. The lowest BCUT2D eigenvalue weighted by atomic mass is 10.1. The monoisotopic (exact) mass is 442 g/mol. The standard InChI is InChI=1S/C27H30N4O2/c1-19-10-13-25(24(16-19)29-26(32)28-23-8-5-4-6-9-23)31-15-7-14-30(27(31)33)18-22-12-11-20(2)21(3)17-22/h4-6,8-13,16-17H,7,14-15,18H2,1-3H3,(H2,28,29,32). The van der Waals surface area contributed by atoms with E-state index in [-0.39, 0.29) is 12.1 Å². The van der Waals surface area contributed by atoms with Crippen molar-refractivity contribution in [2.45, 2.75) is 33.7 Å². The summed E-state index contributed by atoms with van der Waals surface area (Å²) in [6.45, 7) is 8.04. The van der Waals surface area contributed by atoms with Gasteiger partial charge in [0.05, 0.1) is 11.4 Å². The summed E-state index contributed by atoms with van der Waals surface area (Å²) in [5.41, 5.74) is 6.63. The van der Waals surface area contributed by atoms with Crippen LogP contribution in [-0.2, 0) is 6.54 Å². The number of rotatable bonds is 5. The van der Waals surface area contributed by atoms with Crippen molar-refractivity contribution >= 4 is 29.1 Å². The number of carbonyl (C=O) groups excluding carboxylic acids is 2. The van der Waals surface area contributed by atoms with Gasteiger partial charge in [0.15, 0.2) is 0 Å². The normalized spacial score (nSPS) is 13.7. The van der Waals surface area contributed by atoms with Crippen molar-refractivity contribution in [3.05, 3.63) is 89.0 Å². The SMILES string of the molecule is Cc1ccc(N2CCCN(Cc3ccc(C)c(C)c3)C2=O)c(NC(=O)Nc2ccccc2)c1.